The van der Waals surface area contributed by atoms with Crippen LogP contribution >= 0.6 is 23.1 Å². The second-order valence-corrected chi connectivity index (χ2v) is 11.7. The zero-order valence-electron chi connectivity index (χ0n) is 21.1. The average Bonchev–Trinajstić information content (AvgIpc) is 3.41. The highest BCUT2D eigenvalue weighted by Crippen LogP contribution is 2.37. The van der Waals surface area contributed by atoms with E-state index in [1.165, 1.54) is 86.5 Å². The van der Waals surface area contributed by atoms with E-state index in [1.54, 1.807) is 0 Å². The van der Waals surface area contributed by atoms with Crippen LogP contribution in [0.3, 0.4) is 0 Å². The first-order chi connectivity index (χ1) is 17.1. The molecule has 2 aliphatic rings. The van der Waals surface area contributed by atoms with Crippen LogP contribution in [0.15, 0.2) is 5.16 Å². The predicted octanol–water partition coefficient (Wildman–Crippen LogP) is 6.05. The molecule has 4 rings (SSSR count). The van der Waals surface area contributed by atoms with Crippen molar-refractivity contribution in [1.82, 2.24) is 14.8 Å². The van der Waals surface area contributed by atoms with Crippen molar-refractivity contribution in [3.8, 4) is 0 Å². The van der Waals surface area contributed by atoms with Crippen LogP contribution < -0.4 is 5.32 Å². The van der Waals surface area contributed by atoms with Crippen molar-refractivity contribution >= 4 is 40.0 Å². The van der Waals surface area contributed by atoms with Gasteiger partial charge in [0.2, 0.25) is 5.91 Å². The fourth-order valence-corrected chi connectivity index (χ4v) is 7.47. The summed E-state index contributed by atoms with van der Waals surface area (Å²) in [5.41, 5.74) is 1.62. The molecule has 1 N–H and O–H groups in total. The number of nitrogens with one attached hydrogen (secondary N) is 1. The Morgan fingerprint density at radius 2 is 1.83 bits per heavy atom. The molecular weight excluding hydrogens is 480 g/mol. The van der Waals surface area contributed by atoms with E-state index in [0.717, 1.165) is 61.1 Å². The average molecular weight is 519 g/mol. The molecule has 0 aliphatic heterocycles. The Hall–Kier alpha value is -1.87. The van der Waals surface area contributed by atoms with E-state index in [0.29, 0.717) is 10.6 Å². The smallest absolute Gasteiger partial charge is 0.341 e. The first-order valence-electron chi connectivity index (χ1n) is 13.2. The van der Waals surface area contributed by atoms with Crippen LogP contribution in [0, 0.1) is 5.92 Å². The monoisotopic (exact) mass is 518 g/mol. The summed E-state index contributed by atoms with van der Waals surface area (Å²) in [6.07, 6.45) is 15.3. The number of aromatic nitrogens is 3. The van der Waals surface area contributed by atoms with E-state index in [9.17, 15) is 9.59 Å². The molecule has 0 aromatic carbocycles. The van der Waals surface area contributed by atoms with E-state index >= 15 is 0 Å². The summed E-state index contributed by atoms with van der Waals surface area (Å²) in [6, 6.07) is 0. The molecular formula is C26H38N4O3S2. The Bertz CT molecular complexity index is 1010. The van der Waals surface area contributed by atoms with Gasteiger partial charge in [-0.2, -0.15) is 0 Å². The van der Waals surface area contributed by atoms with Gasteiger partial charge in [0, 0.05) is 17.8 Å². The van der Waals surface area contributed by atoms with Crippen LogP contribution in [-0.2, 0) is 35.3 Å². The molecule has 9 heteroatoms. The van der Waals surface area contributed by atoms with Crippen molar-refractivity contribution in [2.24, 2.45) is 5.92 Å². The van der Waals surface area contributed by atoms with Crippen LogP contribution in [-0.4, -0.2) is 39.5 Å². The summed E-state index contributed by atoms with van der Waals surface area (Å²) >= 11 is 2.94. The van der Waals surface area contributed by atoms with Crippen molar-refractivity contribution in [3.63, 3.8) is 0 Å². The Kier molecular flexibility index (Phi) is 9.66. The number of carbonyl (C=O) groups is 2. The number of ether oxygens (including phenoxy) is 1. The summed E-state index contributed by atoms with van der Waals surface area (Å²) < 4.78 is 7.21. The third-order valence-electron chi connectivity index (χ3n) is 7.26. The molecule has 2 heterocycles. The van der Waals surface area contributed by atoms with Crippen LogP contribution in [0.2, 0.25) is 0 Å². The van der Waals surface area contributed by atoms with Crippen LogP contribution in [0.25, 0.3) is 0 Å². The number of thioether (sulfide) groups is 1. The third kappa shape index (κ3) is 6.67. The highest BCUT2D eigenvalue weighted by Gasteiger charge is 2.26. The lowest BCUT2D eigenvalue weighted by Crippen LogP contribution is -2.17. The van der Waals surface area contributed by atoms with Gasteiger partial charge in [0.05, 0.1) is 18.4 Å². The quantitative estimate of drug-likeness (QED) is 0.321. The second kappa shape index (κ2) is 12.9. The minimum atomic E-state index is -0.362. The Morgan fingerprint density at radius 1 is 1.09 bits per heavy atom. The molecule has 0 spiro atoms. The molecule has 2 aromatic rings. The zero-order valence-corrected chi connectivity index (χ0v) is 22.7. The molecule has 0 radical (unpaired) electrons. The topological polar surface area (TPSA) is 86.1 Å². The van der Waals surface area contributed by atoms with E-state index < -0.39 is 0 Å². The van der Waals surface area contributed by atoms with Gasteiger partial charge >= 0.3 is 5.97 Å². The number of anilines is 1. The summed E-state index contributed by atoms with van der Waals surface area (Å²) in [5.74, 6) is 1.56. The van der Waals surface area contributed by atoms with Crippen LogP contribution in [0.1, 0.15) is 97.8 Å². The van der Waals surface area contributed by atoms with Crippen molar-refractivity contribution < 1.29 is 14.3 Å². The fourth-order valence-electron chi connectivity index (χ4n) is 5.36. The minimum absolute atomic E-state index is 0.135. The Labute approximate surface area is 216 Å². The maximum absolute atomic E-state index is 12.9. The number of thiophene rings is 1. The number of rotatable bonds is 9. The minimum Gasteiger partial charge on any atom is -0.465 e. The molecule has 7 nitrogen and oxygen atoms in total. The number of aryl methyl sites for hydroxylation is 2. The Morgan fingerprint density at radius 3 is 2.57 bits per heavy atom. The molecule has 0 atom stereocenters. The molecule has 0 unspecified atom stereocenters. The first-order valence-corrected chi connectivity index (χ1v) is 15.0. The zero-order chi connectivity index (χ0) is 24.6. The fraction of sp³-hybridized carbons (Fsp3) is 0.692. The molecule has 0 saturated heterocycles. The van der Waals surface area contributed by atoms with Gasteiger partial charge in [-0.05, 0) is 50.5 Å². The van der Waals surface area contributed by atoms with Gasteiger partial charge in [-0.3, -0.25) is 4.79 Å². The number of methoxy groups -OCH3 is 1. The summed E-state index contributed by atoms with van der Waals surface area (Å²) in [4.78, 5) is 26.7. The SMILES string of the molecule is CCn1c(CCC2CCCCC2)nnc1SCC(=O)Nc1sc2c(c1C(=O)OC)CCCCCC2. The summed E-state index contributed by atoms with van der Waals surface area (Å²) in [5, 5.41) is 13.2. The highest BCUT2D eigenvalue weighted by molar-refractivity contribution is 7.99. The maximum Gasteiger partial charge on any atom is 0.341 e. The van der Waals surface area contributed by atoms with E-state index in [-0.39, 0.29) is 17.6 Å². The standard InChI is InChI=1S/C26H38N4O3S2/c1-3-30-21(16-15-18-11-7-6-8-12-18)28-29-26(30)34-17-22(31)27-24-23(25(32)33-2)19-13-9-4-5-10-14-20(19)35-24/h18H,3-17H2,1-2H3,(H,27,31). The molecule has 1 saturated carbocycles. The predicted molar refractivity (Wildman–Crippen MR) is 141 cm³/mol. The third-order valence-corrected chi connectivity index (χ3v) is 9.43. The number of nitrogens with zero attached hydrogens (tertiary/aromatic N) is 3. The Balaban J connectivity index is 1.39. The van der Waals surface area contributed by atoms with E-state index in [2.05, 4.69) is 27.0 Å². The number of carbonyl (C=O) groups excluding carboxylic acids is 2. The van der Waals surface area contributed by atoms with E-state index in [4.69, 9.17) is 4.74 Å². The normalized spacial score (nSPS) is 16.9. The van der Waals surface area contributed by atoms with Crippen molar-refractivity contribution in [2.75, 3.05) is 18.2 Å². The number of fused-ring (bicyclic) bond motifs is 1. The summed E-state index contributed by atoms with van der Waals surface area (Å²) in [7, 11) is 1.40. The first kappa shape index (κ1) is 26.2. The van der Waals surface area contributed by atoms with Gasteiger partial charge in [-0.15, -0.1) is 21.5 Å². The molecule has 0 bridgehead atoms. The molecule has 2 aliphatic carbocycles. The number of hydrogen-bond acceptors (Lipinski definition) is 7. The maximum atomic E-state index is 12.9. The lowest BCUT2D eigenvalue weighted by Gasteiger charge is -2.21. The van der Waals surface area contributed by atoms with Gasteiger partial charge < -0.3 is 14.6 Å². The van der Waals surface area contributed by atoms with E-state index in [1.807, 2.05) is 0 Å². The lowest BCUT2D eigenvalue weighted by molar-refractivity contribution is -0.113. The number of esters is 1. The molecule has 192 valence electrons. The van der Waals surface area contributed by atoms with Gasteiger partial charge in [0.15, 0.2) is 5.16 Å². The van der Waals surface area contributed by atoms with Crippen LogP contribution in [0.4, 0.5) is 5.00 Å². The lowest BCUT2D eigenvalue weighted by atomic mass is 9.86. The molecule has 1 fully saturated rings. The second-order valence-electron chi connectivity index (χ2n) is 9.64. The van der Waals surface area contributed by atoms with Crippen molar-refractivity contribution in [2.45, 2.75) is 102 Å². The van der Waals surface area contributed by atoms with Gasteiger partial charge in [-0.1, -0.05) is 56.7 Å². The number of amides is 1. The molecule has 2 aromatic heterocycles. The molecule has 1 amide bonds. The van der Waals surface area contributed by atoms with Gasteiger partial charge in [0.1, 0.15) is 10.8 Å². The largest absolute Gasteiger partial charge is 0.465 e. The summed E-state index contributed by atoms with van der Waals surface area (Å²) in [6.45, 7) is 2.89. The van der Waals surface area contributed by atoms with Crippen molar-refractivity contribution in [3.05, 3.63) is 21.8 Å². The number of hydrogen-bond donors (Lipinski definition) is 1. The highest BCUT2D eigenvalue weighted by atomic mass is 32.2. The van der Waals surface area contributed by atoms with Gasteiger partial charge in [0.25, 0.3) is 0 Å². The van der Waals surface area contributed by atoms with Gasteiger partial charge in [-0.25, -0.2) is 4.79 Å². The van der Waals surface area contributed by atoms with Crippen LogP contribution in [0.5, 0.6) is 0 Å². The molecule has 35 heavy (non-hydrogen) atoms. The van der Waals surface area contributed by atoms with Crippen molar-refractivity contribution in [1.29, 1.82) is 0 Å².